The number of rotatable bonds is 5. The molecule has 1 atom stereocenters. The van der Waals surface area contributed by atoms with Gasteiger partial charge in [-0.1, -0.05) is 23.2 Å². The molecule has 1 unspecified atom stereocenters. The monoisotopic (exact) mass is 369 g/mol. The van der Waals surface area contributed by atoms with Gasteiger partial charge < -0.3 is 5.11 Å². The molecule has 2 N–H and O–H groups in total. The maximum absolute atomic E-state index is 12.4. The molecule has 0 aliphatic carbocycles. The van der Waals surface area contributed by atoms with E-state index < -0.39 is 16.6 Å². The number of aliphatic hydroxyl groups excluding tert-OH is 1. The summed E-state index contributed by atoms with van der Waals surface area (Å²) in [5, 5.41) is 9.47. The van der Waals surface area contributed by atoms with Crippen molar-refractivity contribution in [2.45, 2.75) is 36.0 Å². The summed E-state index contributed by atoms with van der Waals surface area (Å²) in [5.41, 5.74) is 0.225. The van der Waals surface area contributed by atoms with Crippen molar-refractivity contribution in [3.63, 3.8) is 0 Å². The van der Waals surface area contributed by atoms with Crippen LogP contribution in [0.2, 0.25) is 10.0 Å². The molecule has 1 fully saturated rings. The lowest BCUT2D eigenvalue weighted by Crippen LogP contribution is -2.36. The van der Waals surface area contributed by atoms with Gasteiger partial charge in [-0.05, 0) is 37.7 Å². The minimum atomic E-state index is -3.73. The Kier molecular flexibility index (Phi) is 5.50. The maximum atomic E-state index is 12.4. The van der Waals surface area contributed by atoms with Gasteiger partial charge in [0, 0.05) is 21.9 Å². The van der Waals surface area contributed by atoms with E-state index in [4.69, 9.17) is 23.2 Å². The first kappa shape index (κ1) is 17.4. The molecule has 1 heterocycles. The molecule has 8 heteroatoms. The van der Waals surface area contributed by atoms with Gasteiger partial charge >= 0.3 is 0 Å². The SMILES string of the molecule is CC1(CNS(=O)(=O)c2ccc(Cl)c(CO)c2Cl)CCCS1. The van der Waals surface area contributed by atoms with E-state index in [0.717, 1.165) is 18.6 Å². The summed E-state index contributed by atoms with van der Waals surface area (Å²) in [7, 11) is -3.73. The maximum Gasteiger partial charge on any atom is 0.242 e. The third kappa shape index (κ3) is 3.86. The second-order valence-corrected chi connectivity index (χ2v) is 9.43. The summed E-state index contributed by atoms with van der Waals surface area (Å²) in [5.74, 6) is 1.05. The van der Waals surface area contributed by atoms with Crippen LogP contribution in [0.25, 0.3) is 0 Å². The van der Waals surface area contributed by atoms with Crippen LogP contribution < -0.4 is 4.72 Å². The molecule has 118 valence electrons. The molecule has 2 rings (SSSR count). The molecule has 0 bridgehead atoms. The Hall–Kier alpha value is 0.0200. The Morgan fingerprint density at radius 2 is 2.14 bits per heavy atom. The molecule has 0 spiro atoms. The van der Waals surface area contributed by atoms with Crippen molar-refractivity contribution >= 4 is 45.0 Å². The van der Waals surface area contributed by atoms with Crippen molar-refractivity contribution in [3.05, 3.63) is 27.7 Å². The van der Waals surface area contributed by atoms with Crippen LogP contribution in [-0.2, 0) is 16.6 Å². The average Bonchev–Trinajstić information content (AvgIpc) is 2.84. The first-order chi connectivity index (χ1) is 9.79. The molecule has 4 nitrogen and oxygen atoms in total. The number of benzene rings is 1. The van der Waals surface area contributed by atoms with Crippen molar-refractivity contribution in [3.8, 4) is 0 Å². The highest BCUT2D eigenvalue weighted by Gasteiger charge is 2.31. The Bertz CT molecular complexity index is 629. The van der Waals surface area contributed by atoms with Crippen LogP contribution in [0.1, 0.15) is 25.3 Å². The summed E-state index contributed by atoms with van der Waals surface area (Å²) < 4.78 is 27.3. The minimum absolute atomic E-state index is 0.0262. The molecule has 1 aromatic carbocycles. The average molecular weight is 370 g/mol. The van der Waals surface area contributed by atoms with E-state index in [1.54, 1.807) is 11.8 Å². The molecule has 1 aliphatic rings. The topological polar surface area (TPSA) is 66.4 Å². The van der Waals surface area contributed by atoms with Crippen LogP contribution >= 0.6 is 35.0 Å². The van der Waals surface area contributed by atoms with Gasteiger partial charge in [-0.3, -0.25) is 0 Å². The Morgan fingerprint density at radius 1 is 1.43 bits per heavy atom. The zero-order valence-electron chi connectivity index (χ0n) is 11.5. The van der Waals surface area contributed by atoms with Gasteiger partial charge in [0.2, 0.25) is 10.0 Å². The van der Waals surface area contributed by atoms with E-state index in [1.807, 2.05) is 0 Å². The highest BCUT2D eigenvalue weighted by molar-refractivity contribution is 8.01. The predicted octanol–water partition coefficient (Wildman–Crippen LogP) is 3.05. The summed E-state index contributed by atoms with van der Waals surface area (Å²) >= 11 is 13.7. The zero-order valence-corrected chi connectivity index (χ0v) is 14.7. The van der Waals surface area contributed by atoms with E-state index in [-0.39, 0.29) is 25.3 Å². The van der Waals surface area contributed by atoms with E-state index in [9.17, 15) is 13.5 Å². The normalized spacial score (nSPS) is 22.7. The Balaban J connectivity index is 2.24. The fraction of sp³-hybridized carbons (Fsp3) is 0.538. The molecule has 21 heavy (non-hydrogen) atoms. The summed E-state index contributed by atoms with van der Waals surface area (Å²) in [6.45, 7) is 2.00. The van der Waals surface area contributed by atoms with E-state index in [1.165, 1.54) is 12.1 Å². The predicted molar refractivity (Wildman–Crippen MR) is 87.7 cm³/mol. The van der Waals surface area contributed by atoms with Crippen molar-refractivity contribution in [2.75, 3.05) is 12.3 Å². The largest absolute Gasteiger partial charge is 0.392 e. The quantitative estimate of drug-likeness (QED) is 0.836. The molecular weight excluding hydrogens is 353 g/mol. The number of sulfonamides is 1. The summed E-state index contributed by atoms with van der Waals surface area (Å²) in [6.07, 6.45) is 2.08. The first-order valence-corrected chi connectivity index (χ1v) is 9.73. The molecule has 0 radical (unpaired) electrons. The van der Waals surface area contributed by atoms with E-state index in [2.05, 4.69) is 11.6 Å². The van der Waals surface area contributed by atoms with Crippen LogP contribution in [0.15, 0.2) is 17.0 Å². The van der Waals surface area contributed by atoms with E-state index >= 15 is 0 Å². The molecular formula is C13H17Cl2NO3S2. The first-order valence-electron chi connectivity index (χ1n) is 6.50. The third-order valence-corrected chi connectivity index (χ3v) is 7.41. The highest BCUT2D eigenvalue weighted by Crippen LogP contribution is 2.37. The van der Waals surface area contributed by atoms with Gasteiger partial charge in [-0.15, -0.1) is 0 Å². The van der Waals surface area contributed by atoms with Gasteiger partial charge in [0.05, 0.1) is 11.6 Å². The van der Waals surface area contributed by atoms with Gasteiger partial charge in [0.25, 0.3) is 0 Å². The summed E-state index contributed by atoms with van der Waals surface area (Å²) in [6, 6.07) is 2.79. The van der Waals surface area contributed by atoms with Crippen LogP contribution in [0, 0.1) is 0 Å². The van der Waals surface area contributed by atoms with Crippen molar-refractivity contribution in [1.82, 2.24) is 4.72 Å². The van der Waals surface area contributed by atoms with Gasteiger partial charge in [0.15, 0.2) is 0 Å². The fourth-order valence-corrected chi connectivity index (χ4v) is 5.63. The Morgan fingerprint density at radius 3 is 2.71 bits per heavy atom. The molecule has 0 aromatic heterocycles. The van der Waals surface area contributed by atoms with Crippen LogP contribution in [0.4, 0.5) is 0 Å². The van der Waals surface area contributed by atoms with Gasteiger partial charge in [-0.2, -0.15) is 11.8 Å². The smallest absolute Gasteiger partial charge is 0.242 e. The molecule has 0 saturated carbocycles. The third-order valence-electron chi connectivity index (χ3n) is 3.53. The molecule has 1 saturated heterocycles. The second kappa shape index (κ2) is 6.64. The van der Waals surface area contributed by atoms with Crippen molar-refractivity contribution < 1.29 is 13.5 Å². The van der Waals surface area contributed by atoms with Crippen molar-refractivity contribution in [1.29, 1.82) is 0 Å². The lowest BCUT2D eigenvalue weighted by molar-refractivity contribution is 0.281. The second-order valence-electron chi connectivity index (χ2n) is 5.22. The number of nitrogens with one attached hydrogen (secondary N) is 1. The number of hydrogen-bond donors (Lipinski definition) is 2. The number of hydrogen-bond acceptors (Lipinski definition) is 4. The number of aliphatic hydroxyl groups is 1. The van der Waals surface area contributed by atoms with Crippen molar-refractivity contribution in [2.24, 2.45) is 0 Å². The summed E-state index contributed by atoms with van der Waals surface area (Å²) in [4.78, 5) is -0.0517. The molecule has 1 aliphatic heterocycles. The highest BCUT2D eigenvalue weighted by atomic mass is 35.5. The lowest BCUT2D eigenvalue weighted by Gasteiger charge is -2.23. The Labute approximate surface area is 139 Å². The minimum Gasteiger partial charge on any atom is -0.392 e. The molecule has 0 amide bonds. The van der Waals surface area contributed by atoms with Crippen LogP contribution in [0.5, 0.6) is 0 Å². The zero-order chi connectivity index (χ0) is 15.7. The van der Waals surface area contributed by atoms with Gasteiger partial charge in [-0.25, -0.2) is 13.1 Å². The number of thioether (sulfide) groups is 1. The van der Waals surface area contributed by atoms with Crippen LogP contribution in [0.3, 0.4) is 0 Å². The van der Waals surface area contributed by atoms with Crippen LogP contribution in [-0.4, -0.2) is 30.6 Å². The van der Waals surface area contributed by atoms with Gasteiger partial charge in [0.1, 0.15) is 4.90 Å². The lowest BCUT2D eigenvalue weighted by atomic mass is 10.1. The standard InChI is InChI=1S/C13H17Cl2NO3S2/c1-13(5-2-6-20-13)8-16-21(18,19)11-4-3-10(14)9(7-17)12(11)15/h3-4,16-17H,2,5-8H2,1H3. The fourth-order valence-electron chi connectivity index (χ4n) is 2.23. The molecule has 1 aromatic rings. The number of halogens is 2. The van der Waals surface area contributed by atoms with E-state index in [0.29, 0.717) is 6.54 Å².